The molecule has 0 saturated heterocycles. The number of hydrogen-bond acceptors (Lipinski definition) is 14. The van der Waals surface area contributed by atoms with Gasteiger partial charge in [0.1, 0.15) is 40.8 Å². The number of esters is 3. The molecule has 1 aliphatic rings. The first-order chi connectivity index (χ1) is 34.4. The summed E-state index contributed by atoms with van der Waals surface area (Å²) in [5, 5.41) is 15.5. The van der Waals surface area contributed by atoms with E-state index < -0.39 is 83.4 Å². The van der Waals surface area contributed by atoms with Crippen molar-refractivity contribution < 1.29 is 71.8 Å². The molecule has 0 unspecified atom stereocenters. The SMILES string of the molecule is CC(C)(C)OC(=O)C[C@@H](C(=O)OC(C)(C)C)N(Cc1cc(OCc2ccccc2)cc(C(=O)O)c1)C(=O)c1cccc2c1OCCCc1cc(NC(=NC(=O)OC(C)(C)C)NC(=O)OC(C)(C)C)ccc1C(=O)O2. The van der Waals surface area contributed by atoms with Crippen LogP contribution in [0.25, 0.3) is 0 Å². The lowest BCUT2D eigenvalue weighted by Gasteiger charge is -2.33. The largest absolute Gasteiger partial charge is 0.489 e. The fourth-order valence-electron chi connectivity index (χ4n) is 7.19. The van der Waals surface area contributed by atoms with Crippen LogP contribution in [0.4, 0.5) is 15.3 Å². The summed E-state index contributed by atoms with van der Waals surface area (Å²) in [6.07, 6.45) is -2.07. The first-order valence-electron chi connectivity index (χ1n) is 23.9. The molecular weight excluding hydrogens is 957 g/mol. The number of fused-ring (bicyclic) bond motifs is 2. The first-order valence-corrected chi connectivity index (χ1v) is 23.9. The van der Waals surface area contributed by atoms with Crippen molar-refractivity contribution in [1.29, 1.82) is 0 Å². The van der Waals surface area contributed by atoms with Crippen LogP contribution >= 0.6 is 0 Å². The minimum atomic E-state index is -1.65. The van der Waals surface area contributed by atoms with Crippen LogP contribution in [0.5, 0.6) is 17.2 Å². The van der Waals surface area contributed by atoms with Gasteiger partial charge in [0.15, 0.2) is 11.5 Å². The fourth-order valence-corrected chi connectivity index (χ4v) is 7.19. The molecule has 19 heteroatoms. The summed E-state index contributed by atoms with van der Waals surface area (Å²) in [5.74, 6) is -5.26. The lowest BCUT2D eigenvalue weighted by molar-refractivity contribution is -0.167. The maximum Gasteiger partial charge on any atom is 0.437 e. The fraction of sp³-hybridized carbons (Fsp3) is 0.418. The zero-order valence-electron chi connectivity index (χ0n) is 44.0. The van der Waals surface area contributed by atoms with Crippen LogP contribution in [-0.2, 0) is 48.1 Å². The summed E-state index contributed by atoms with van der Waals surface area (Å²) in [6, 6.07) is 20.6. The zero-order chi connectivity index (χ0) is 54.8. The van der Waals surface area contributed by atoms with Gasteiger partial charge in [-0.2, -0.15) is 0 Å². The van der Waals surface area contributed by atoms with Gasteiger partial charge in [-0.05, 0) is 161 Å². The van der Waals surface area contributed by atoms with Crippen LogP contribution in [-0.4, -0.2) is 93.0 Å². The van der Waals surface area contributed by atoms with E-state index in [9.17, 15) is 33.9 Å². The molecule has 0 aromatic heterocycles. The van der Waals surface area contributed by atoms with Gasteiger partial charge < -0.3 is 48.5 Å². The summed E-state index contributed by atoms with van der Waals surface area (Å²) in [6.45, 7) is 19.4. The molecule has 0 aliphatic carbocycles. The second kappa shape index (κ2) is 23.7. The number of hydrogen-bond donors (Lipinski definition) is 3. The number of alkyl carbamates (subject to hydrolysis) is 1. The predicted molar refractivity (Wildman–Crippen MR) is 272 cm³/mol. The van der Waals surface area contributed by atoms with Crippen molar-refractivity contribution >= 4 is 53.6 Å². The molecule has 0 spiro atoms. The van der Waals surface area contributed by atoms with Crippen molar-refractivity contribution in [2.75, 3.05) is 11.9 Å². The Bertz CT molecular complexity index is 2760. The number of guanidine groups is 1. The number of para-hydroxylation sites is 1. The molecule has 3 amide bonds. The quantitative estimate of drug-likeness (QED) is 0.0393. The van der Waals surface area contributed by atoms with Gasteiger partial charge in [-0.25, -0.2) is 24.0 Å². The standard InChI is InChI=1S/C55H66N4O15/c1-52(2,3)71-43(60)30-41(48(65)72-53(4,5)6)59(31-34-26-36(46(62)63)29-38(27-34)69-32-33-18-14-13-15-19-33)45(61)40-21-16-22-42-44(40)68-25-17-20-35-28-37(23-24-39(35)47(64)70-42)56-49(57-50(66)73-54(7,8)9)58-51(67)74-55(10,11)12/h13-16,18-19,21-24,26-29,41H,17,20,25,30-32H2,1-12H3,(H,62,63)(H2,56,57,58,66,67)/t41-/m0/s1. The van der Waals surface area contributed by atoms with Gasteiger partial charge in [-0.1, -0.05) is 36.4 Å². The molecule has 4 aromatic rings. The molecule has 1 heterocycles. The molecule has 4 aromatic carbocycles. The highest BCUT2D eigenvalue weighted by Gasteiger charge is 2.39. The summed E-state index contributed by atoms with van der Waals surface area (Å²) in [7, 11) is 0. The number of rotatable bonds is 12. The number of aryl methyl sites for hydroxylation is 1. The number of carboxylic acids is 1. The van der Waals surface area contributed by atoms with Crippen LogP contribution in [0.3, 0.4) is 0 Å². The molecule has 0 saturated carbocycles. The Morgan fingerprint density at radius 1 is 0.743 bits per heavy atom. The summed E-state index contributed by atoms with van der Waals surface area (Å²) >= 11 is 0. The second-order valence-electron chi connectivity index (χ2n) is 21.3. The van der Waals surface area contributed by atoms with Crippen molar-refractivity contribution in [3.8, 4) is 17.2 Å². The van der Waals surface area contributed by atoms with Gasteiger partial charge >= 0.3 is 36.1 Å². The minimum absolute atomic E-state index is 0.0341. The average molecular weight is 1020 g/mol. The van der Waals surface area contributed by atoms with E-state index in [0.29, 0.717) is 11.3 Å². The minimum Gasteiger partial charge on any atom is -0.489 e. The van der Waals surface area contributed by atoms with Crippen LogP contribution in [0.2, 0.25) is 0 Å². The molecule has 0 bridgehead atoms. The van der Waals surface area contributed by atoms with Crippen LogP contribution in [0.1, 0.15) is 144 Å². The van der Waals surface area contributed by atoms with Gasteiger partial charge in [0.2, 0.25) is 5.96 Å². The number of ether oxygens (including phenoxy) is 7. The number of aromatic carboxylic acids is 1. The lowest BCUT2D eigenvalue weighted by atomic mass is 10.0. The Hall–Kier alpha value is -7.96. The zero-order valence-corrected chi connectivity index (χ0v) is 44.0. The summed E-state index contributed by atoms with van der Waals surface area (Å²) < 4.78 is 40.4. The van der Waals surface area contributed by atoms with Crippen molar-refractivity contribution in [2.24, 2.45) is 4.99 Å². The second-order valence-corrected chi connectivity index (χ2v) is 21.3. The molecular formula is C55H66N4O15. The van der Waals surface area contributed by atoms with Crippen LogP contribution in [0.15, 0.2) is 89.9 Å². The Morgan fingerprint density at radius 2 is 1.41 bits per heavy atom. The number of anilines is 1. The third-order valence-corrected chi connectivity index (χ3v) is 9.96. The molecule has 5 rings (SSSR count). The molecule has 1 aliphatic heterocycles. The van der Waals surface area contributed by atoms with E-state index in [0.717, 1.165) is 10.5 Å². The van der Waals surface area contributed by atoms with Gasteiger partial charge in [0.05, 0.1) is 29.7 Å². The van der Waals surface area contributed by atoms with Crippen molar-refractivity contribution in [1.82, 2.24) is 10.2 Å². The van der Waals surface area contributed by atoms with Crippen molar-refractivity contribution in [3.05, 3.63) is 118 Å². The summed E-state index contributed by atoms with van der Waals surface area (Å²) in [4.78, 5) is 101. The van der Waals surface area contributed by atoms with Gasteiger partial charge in [0, 0.05) is 12.2 Å². The third kappa shape index (κ3) is 18.0. The number of nitrogens with one attached hydrogen (secondary N) is 2. The Kier molecular flexibility index (Phi) is 18.3. The third-order valence-electron chi connectivity index (χ3n) is 9.96. The van der Waals surface area contributed by atoms with Gasteiger partial charge in [0.25, 0.3) is 5.91 Å². The van der Waals surface area contributed by atoms with E-state index in [2.05, 4.69) is 15.6 Å². The van der Waals surface area contributed by atoms with E-state index in [1.54, 1.807) is 89.2 Å². The monoisotopic (exact) mass is 1020 g/mol. The van der Waals surface area contributed by atoms with Crippen molar-refractivity contribution in [2.45, 2.75) is 144 Å². The highest BCUT2D eigenvalue weighted by atomic mass is 16.6. The summed E-state index contributed by atoms with van der Waals surface area (Å²) in [5.41, 5.74) is -2.23. The molecule has 1 atom stereocenters. The molecule has 0 fully saturated rings. The maximum atomic E-state index is 15.4. The van der Waals surface area contributed by atoms with Crippen LogP contribution in [0, 0.1) is 0 Å². The number of aliphatic imine (C=N–C) groups is 1. The molecule has 3 N–H and O–H groups in total. The van der Waals surface area contributed by atoms with E-state index in [1.807, 2.05) is 30.3 Å². The van der Waals surface area contributed by atoms with Gasteiger partial charge in [-0.15, -0.1) is 4.99 Å². The Morgan fingerprint density at radius 3 is 2.04 bits per heavy atom. The highest BCUT2D eigenvalue weighted by molar-refractivity contribution is 6.06. The Labute approximate surface area is 430 Å². The van der Waals surface area contributed by atoms with E-state index in [1.165, 1.54) is 48.5 Å². The lowest BCUT2D eigenvalue weighted by Crippen LogP contribution is -2.48. The van der Waals surface area contributed by atoms with Crippen molar-refractivity contribution in [3.63, 3.8) is 0 Å². The number of amides is 3. The van der Waals surface area contributed by atoms with E-state index >= 15 is 4.79 Å². The average Bonchev–Trinajstić information content (AvgIpc) is 3.26. The van der Waals surface area contributed by atoms with Crippen LogP contribution < -0.4 is 24.8 Å². The molecule has 19 nitrogen and oxygen atoms in total. The molecule has 0 radical (unpaired) electrons. The number of benzene rings is 4. The van der Waals surface area contributed by atoms with E-state index in [-0.39, 0.29) is 71.5 Å². The number of carbonyl (C=O) groups is 7. The smallest absolute Gasteiger partial charge is 0.437 e. The van der Waals surface area contributed by atoms with E-state index in [4.69, 9.17) is 33.2 Å². The number of carboxylic acid groups (broad SMARTS) is 1. The normalized spacial score (nSPS) is 13.5. The number of carbonyl (C=O) groups excluding carboxylic acids is 6. The maximum absolute atomic E-state index is 15.4. The predicted octanol–water partition coefficient (Wildman–Crippen LogP) is 9.82. The number of nitrogens with zero attached hydrogens (tertiary/aromatic N) is 2. The molecule has 74 heavy (non-hydrogen) atoms. The molecule has 396 valence electrons. The topological polar surface area (TPSA) is 244 Å². The highest BCUT2D eigenvalue weighted by Crippen LogP contribution is 2.36. The Balaban J connectivity index is 1.55. The van der Waals surface area contributed by atoms with Gasteiger partial charge in [-0.3, -0.25) is 14.9 Å². The first kappa shape index (κ1) is 56.9.